The number of para-hydroxylation sites is 1. The van der Waals surface area contributed by atoms with Crippen LogP contribution in [-0.2, 0) is 6.42 Å². The first kappa shape index (κ1) is 11.5. The molecule has 0 saturated carbocycles. The number of nitrogens with zero attached hydrogens (tertiary/aromatic N) is 1. The first-order valence-electron chi connectivity index (χ1n) is 6.16. The van der Waals surface area contributed by atoms with Crippen LogP contribution in [0.5, 0.6) is 0 Å². The molecular weight excluding hydrogens is 240 g/mol. The maximum absolute atomic E-state index is 12.1. The molecule has 5 nitrogen and oxygen atoms in total. The number of aromatic nitrogens is 3. The molecule has 2 heterocycles. The molecule has 0 bridgehead atoms. The lowest BCUT2D eigenvalue weighted by Crippen LogP contribution is -2.25. The van der Waals surface area contributed by atoms with Gasteiger partial charge < -0.3 is 15.3 Å². The minimum absolute atomic E-state index is 0.0584. The van der Waals surface area contributed by atoms with Crippen molar-refractivity contribution < 1.29 is 4.79 Å². The van der Waals surface area contributed by atoms with E-state index in [0.717, 1.165) is 23.0 Å². The highest BCUT2D eigenvalue weighted by molar-refractivity contribution is 6.06. The van der Waals surface area contributed by atoms with E-state index in [-0.39, 0.29) is 5.91 Å². The van der Waals surface area contributed by atoms with Crippen molar-refractivity contribution in [2.45, 2.75) is 6.42 Å². The van der Waals surface area contributed by atoms with E-state index < -0.39 is 0 Å². The zero-order valence-corrected chi connectivity index (χ0v) is 10.3. The summed E-state index contributed by atoms with van der Waals surface area (Å²) in [5.41, 5.74) is 2.67. The lowest BCUT2D eigenvalue weighted by molar-refractivity contribution is 0.0956. The summed E-state index contributed by atoms with van der Waals surface area (Å²) in [6.45, 7) is 0.584. The predicted molar refractivity (Wildman–Crippen MR) is 72.9 cm³/mol. The van der Waals surface area contributed by atoms with E-state index in [2.05, 4.69) is 20.3 Å². The maximum atomic E-state index is 12.1. The van der Waals surface area contributed by atoms with Gasteiger partial charge in [-0.2, -0.15) is 0 Å². The molecule has 3 aromatic rings. The average molecular weight is 254 g/mol. The molecule has 0 saturated heterocycles. The Morgan fingerprint density at radius 3 is 3.00 bits per heavy atom. The molecule has 0 unspecified atom stereocenters. The van der Waals surface area contributed by atoms with Crippen molar-refractivity contribution in [1.29, 1.82) is 0 Å². The number of H-pyrrole nitrogens is 2. The van der Waals surface area contributed by atoms with Crippen LogP contribution < -0.4 is 5.32 Å². The zero-order chi connectivity index (χ0) is 13.1. The van der Waals surface area contributed by atoms with Crippen molar-refractivity contribution in [3.05, 3.63) is 54.2 Å². The minimum Gasteiger partial charge on any atom is -0.360 e. The van der Waals surface area contributed by atoms with Crippen LogP contribution in [0.15, 0.2) is 43.0 Å². The highest BCUT2D eigenvalue weighted by atomic mass is 16.1. The van der Waals surface area contributed by atoms with Gasteiger partial charge in [-0.15, -0.1) is 0 Å². The highest BCUT2D eigenvalue weighted by Crippen LogP contribution is 2.17. The summed E-state index contributed by atoms with van der Waals surface area (Å²) < 4.78 is 0. The van der Waals surface area contributed by atoms with E-state index in [0.29, 0.717) is 12.1 Å². The van der Waals surface area contributed by atoms with Gasteiger partial charge in [0.15, 0.2) is 0 Å². The van der Waals surface area contributed by atoms with E-state index in [1.807, 2.05) is 24.3 Å². The van der Waals surface area contributed by atoms with Crippen LogP contribution in [0.4, 0.5) is 0 Å². The lowest BCUT2D eigenvalue weighted by atomic mass is 10.1. The second-order valence-corrected chi connectivity index (χ2v) is 4.33. The zero-order valence-electron chi connectivity index (χ0n) is 10.3. The molecule has 0 aliphatic rings. The normalized spacial score (nSPS) is 10.7. The van der Waals surface area contributed by atoms with Gasteiger partial charge in [0.2, 0.25) is 0 Å². The monoisotopic (exact) mass is 254 g/mol. The molecule has 3 rings (SSSR count). The molecule has 0 radical (unpaired) electrons. The number of benzene rings is 1. The summed E-state index contributed by atoms with van der Waals surface area (Å²) in [7, 11) is 0. The maximum Gasteiger partial charge on any atom is 0.253 e. The number of carbonyl (C=O) groups excluding carboxylic acids is 1. The minimum atomic E-state index is -0.0584. The summed E-state index contributed by atoms with van der Waals surface area (Å²) in [6.07, 6.45) is 5.89. The lowest BCUT2D eigenvalue weighted by Gasteiger charge is -2.03. The van der Waals surface area contributed by atoms with Crippen molar-refractivity contribution in [3.8, 4) is 0 Å². The Labute approximate surface area is 110 Å². The number of hydrogen-bond donors (Lipinski definition) is 3. The number of aromatic amines is 2. The number of hydrogen-bond acceptors (Lipinski definition) is 2. The summed E-state index contributed by atoms with van der Waals surface area (Å²) in [4.78, 5) is 22.1. The van der Waals surface area contributed by atoms with Crippen LogP contribution in [-0.4, -0.2) is 27.4 Å². The molecule has 0 aliphatic heterocycles. The Hall–Kier alpha value is -2.56. The Bertz CT molecular complexity index is 684. The van der Waals surface area contributed by atoms with Crippen molar-refractivity contribution in [1.82, 2.24) is 20.3 Å². The molecule has 5 heteroatoms. The molecule has 0 atom stereocenters. The van der Waals surface area contributed by atoms with Crippen LogP contribution in [0.25, 0.3) is 10.9 Å². The Morgan fingerprint density at radius 1 is 1.26 bits per heavy atom. The van der Waals surface area contributed by atoms with Gasteiger partial charge in [0.25, 0.3) is 5.91 Å². The molecular formula is C14H14N4O. The third-order valence-electron chi connectivity index (χ3n) is 3.07. The highest BCUT2D eigenvalue weighted by Gasteiger charge is 2.10. The molecule has 1 amide bonds. The number of fused-ring (bicyclic) bond motifs is 1. The molecule has 1 aromatic carbocycles. The number of imidazole rings is 1. The van der Waals surface area contributed by atoms with Gasteiger partial charge in [-0.3, -0.25) is 4.79 Å². The van der Waals surface area contributed by atoms with Gasteiger partial charge in [0, 0.05) is 42.0 Å². The van der Waals surface area contributed by atoms with Crippen LogP contribution in [0.3, 0.4) is 0 Å². The SMILES string of the molecule is O=C(NCCc1cnc[nH]1)c1c[nH]c2ccccc12. The average Bonchev–Trinajstić information content (AvgIpc) is 3.07. The van der Waals surface area contributed by atoms with Crippen molar-refractivity contribution in [2.75, 3.05) is 6.54 Å². The van der Waals surface area contributed by atoms with Crippen LogP contribution in [0, 0.1) is 0 Å². The quantitative estimate of drug-likeness (QED) is 0.665. The van der Waals surface area contributed by atoms with E-state index in [1.54, 1.807) is 18.7 Å². The number of carbonyl (C=O) groups is 1. The van der Waals surface area contributed by atoms with Gasteiger partial charge in [-0.1, -0.05) is 18.2 Å². The van der Waals surface area contributed by atoms with Gasteiger partial charge in [0.05, 0.1) is 11.9 Å². The van der Waals surface area contributed by atoms with Crippen LogP contribution in [0.1, 0.15) is 16.1 Å². The van der Waals surface area contributed by atoms with Crippen molar-refractivity contribution in [2.24, 2.45) is 0 Å². The molecule has 0 spiro atoms. The molecule has 19 heavy (non-hydrogen) atoms. The Kier molecular flexibility index (Phi) is 3.02. The predicted octanol–water partition coefficient (Wildman–Crippen LogP) is 1.86. The fourth-order valence-electron chi connectivity index (χ4n) is 2.09. The second-order valence-electron chi connectivity index (χ2n) is 4.33. The van der Waals surface area contributed by atoms with Gasteiger partial charge in [-0.25, -0.2) is 4.98 Å². The fraction of sp³-hybridized carbons (Fsp3) is 0.143. The molecule has 96 valence electrons. The summed E-state index contributed by atoms with van der Waals surface area (Å²) in [6, 6.07) is 7.77. The largest absolute Gasteiger partial charge is 0.360 e. The first-order chi connectivity index (χ1) is 9.34. The van der Waals surface area contributed by atoms with Crippen molar-refractivity contribution in [3.63, 3.8) is 0 Å². The van der Waals surface area contributed by atoms with Crippen LogP contribution in [0.2, 0.25) is 0 Å². The summed E-state index contributed by atoms with van der Waals surface area (Å²) >= 11 is 0. The number of rotatable bonds is 4. The second kappa shape index (κ2) is 4.97. The van der Waals surface area contributed by atoms with Crippen molar-refractivity contribution >= 4 is 16.8 Å². The third-order valence-corrected chi connectivity index (χ3v) is 3.07. The molecule has 0 fully saturated rings. The van der Waals surface area contributed by atoms with Crippen LogP contribution >= 0.6 is 0 Å². The fourth-order valence-corrected chi connectivity index (χ4v) is 2.09. The molecule has 2 aromatic heterocycles. The standard InChI is InChI=1S/C14H14N4O/c19-14(16-6-5-10-7-15-9-18-10)12-8-17-13-4-2-1-3-11(12)13/h1-4,7-9,17H,5-6H2,(H,15,18)(H,16,19). The topological polar surface area (TPSA) is 73.6 Å². The number of amides is 1. The summed E-state index contributed by atoms with van der Waals surface area (Å²) in [5, 5.41) is 3.85. The first-order valence-corrected chi connectivity index (χ1v) is 6.16. The Balaban J connectivity index is 1.67. The van der Waals surface area contributed by atoms with Gasteiger partial charge >= 0.3 is 0 Å². The summed E-state index contributed by atoms with van der Waals surface area (Å²) in [5.74, 6) is -0.0584. The smallest absolute Gasteiger partial charge is 0.253 e. The molecule has 3 N–H and O–H groups in total. The van der Waals surface area contributed by atoms with Gasteiger partial charge in [0.1, 0.15) is 0 Å². The van der Waals surface area contributed by atoms with Gasteiger partial charge in [-0.05, 0) is 6.07 Å². The Morgan fingerprint density at radius 2 is 2.16 bits per heavy atom. The van der Waals surface area contributed by atoms with E-state index >= 15 is 0 Å². The van der Waals surface area contributed by atoms with E-state index in [9.17, 15) is 4.79 Å². The molecule has 0 aliphatic carbocycles. The third kappa shape index (κ3) is 2.35. The van der Waals surface area contributed by atoms with E-state index in [1.165, 1.54) is 0 Å². The number of nitrogens with one attached hydrogen (secondary N) is 3. The van der Waals surface area contributed by atoms with E-state index in [4.69, 9.17) is 0 Å².